The van der Waals surface area contributed by atoms with Crippen molar-refractivity contribution >= 4 is 34.1 Å². The van der Waals surface area contributed by atoms with E-state index in [9.17, 15) is 9.59 Å². The SMILES string of the molecule is COc1ccc2[nH]cc(C3CCN(C(=O)CCCNC(=O)c4ccsc4)CC3)c2c1. The molecule has 1 saturated heterocycles. The van der Waals surface area contributed by atoms with Crippen molar-refractivity contribution in [3.63, 3.8) is 0 Å². The van der Waals surface area contributed by atoms with Crippen molar-refractivity contribution in [1.82, 2.24) is 15.2 Å². The number of ether oxygens (including phenoxy) is 1. The number of likely N-dealkylation sites (tertiary alicyclic amines) is 1. The third-order valence-corrected chi connectivity index (χ3v) is 6.53. The van der Waals surface area contributed by atoms with E-state index >= 15 is 0 Å². The molecule has 0 atom stereocenters. The third kappa shape index (κ3) is 4.51. The zero-order valence-corrected chi connectivity index (χ0v) is 18.0. The topological polar surface area (TPSA) is 74.4 Å². The molecule has 1 aliphatic heterocycles. The van der Waals surface area contributed by atoms with Gasteiger partial charge in [0.15, 0.2) is 0 Å². The molecule has 2 N–H and O–H groups in total. The maximum Gasteiger partial charge on any atom is 0.252 e. The molecule has 2 aromatic heterocycles. The van der Waals surface area contributed by atoms with E-state index in [1.807, 2.05) is 27.8 Å². The van der Waals surface area contributed by atoms with E-state index in [0.29, 0.717) is 30.9 Å². The Kier molecular flexibility index (Phi) is 6.38. The molecule has 0 unspecified atom stereocenters. The predicted octanol–water partition coefficient (Wildman–Crippen LogP) is 4.15. The molecular formula is C23H27N3O3S. The monoisotopic (exact) mass is 425 g/mol. The van der Waals surface area contributed by atoms with Crippen molar-refractivity contribution in [2.75, 3.05) is 26.7 Å². The summed E-state index contributed by atoms with van der Waals surface area (Å²) in [4.78, 5) is 29.8. The molecule has 3 aromatic rings. The zero-order valence-electron chi connectivity index (χ0n) is 17.1. The highest BCUT2D eigenvalue weighted by atomic mass is 32.1. The normalized spacial score (nSPS) is 14.8. The number of benzene rings is 1. The summed E-state index contributed by atoms with van der Waals surface area (Å²) in [7, 11) is 1.69. The Morgan fingerprint density at radius 3 is 2.83 bits per heavy atom. The van der Waals surface area contributed by atoms with Gasteiger partial charge in [0, 0.05) is 54.1 Å². The van der Waals surface area contributed by atoms with Crippen molar-refractivity contribution in [2.24, 2.45) is 0 Å². The van der Waals surface area contributed by atoms with E-state index in [-0.39, 0.29) is 11.8 Å². The van der Waals surface area contributed by atoms with Gasteiger partial charge in [0.2, 0.25) is 5.91 Å². The summed E-state index contributed by atoms with van der Waals surface area (Å²) in [5, 5.41) is 7.80. The van der Waals surface area contributed by atoms with E-state index in [0.717, 1.165) is 37.2 Å². The van der Waals surface area contributed by atoms with Crippen LogP contribution in [0.2, 0.25) is 0 Å². The molecule has 0 aliphatic carbocycles. The molecule has 3 heterocycles. The number of aromatic nitrogens is 1. The van der Waals surface area contributed by atoms with Crippen molar-refractivity contribution in [1.29, 1.82) is 0 Å². The molecule has 1 aromatic carbocycles. The first kappa shape index (κ1) is 20.5. The number of carbonyl (C=O) groups is 2. The van der Waals surface area contributed by atoms with E-state index in [2.05, 4.69) is 22.6 Å². The number of aromatic amines is 1. The summed E-state index contributed by atoms with van der Waals surface area (Å²) in [5.74, 6) is 1.42. The Balaban J connectivity index is 1.24. The fourth-order valence-electron chi connectivity index (χ4n) is 4.12. The summed E-state index contributed by atoms with van der Waals surface area (Å²) in [6.45, 7) is 2.08. The van der Waals surface area contributed by atoms with E-state index < -0.39 is 0 Å². The van der Waals surface area contributed by atoms with Gasteiger partial charge in [-0.2, -0.15) is 11.3 Å². The number of methoxy groups -OCH3 is 1. The van der Waals surface area contributed by atoms with Crippen LogP contribution in [-0.4, -0.2) is 48.4 Å². The van der Waals surface area contributed by atoms with Crippen LogP contribution >= 0.6 is 11.3 Å². The van der Waals surface area contributed by atoms with Crippen molar-refractivity contribution in [2.45, 2.75) is 31.6 Å². The number of amides is 2. The maximum atomic E-state index is 12.6. The molecule has 6 nitrogen and oxygen atoms in total. The molecule has 1 aliphatic rings. The minimum Gasteiger partial charge on any atom is -0.497 e. The Morgan fingerprint density at radius 1 is 1.27 bits per heavy atom. The number of thiophene rings is 1. The van der Waals surface area contributed by atoms with E-state index in [1.54, 1.807) is 13.2 Å². The smallest absolute Gasteiger partial charge is 0.252 e. The lowest BCUT2D eigenvalue weighted by Crippen LogP contribution is -2.38. The van der Waals surface area contributed by atoms with Crippen LogP contribution < -0.4 is 10.1 Å². The Hall–Kier alpha value is -2.80. The summed E-state index contributed by atoms with van der Waals surface area (Å²) in [5.41, 5.74) is 3.12. The number of piperidine rings is 1. The van der Waals surface area contributed by atoms with Crippen LogP contribution in [0.3, 0.4) is 0 Å². The van der Waals surface area contributed by atoms with Crippen LogP contribution in [0, 0.1) is 0 Å². The minimum absolute atomic E-state index is 0.0696. The quantitative estimate of drug-likeness (QED) is 0.559. The second-order valence-electron chi connectivity index (χ2n) is 7.68. The van der Waals surface area contributed by atoms with E-state index in [4.69, 9.17) is 4.74 Å². The molecule has 1 fully saturated rings. The van der Waals surface area contributed by atoms with Gasteiger partial charge in [-0.05, 0) is 60.4 Å². The lowest BCUT2D eigenvalue weighted by molar-refractivity contribution is -0.132. The second-order valence-corrected chi connectivity index (χ2v) is 8.46. The number of nitrogens with zero attached hydrogens (tertiary/aromatic N) is 1. The van der Waals surface area contributed by atoms with Crippen molar-refractivity contribution in [3.05, 3.63) is 52.3 Å². The molecular weight excluding hydrogens is 398 g/mol. The highest BCUT2D eigenvalue weighted by molar-refractivity contribution is 7.08. The summed E-state index contributed by atoms with van der Waals surface area (Å²) in [6.07, 6.45) is 5.16. The highest BCUT2D eigenvalue weighted by Gasteiger charge is 2.25. The number of nitrogens with one attached hydrogen (secondary N) is 2. The van der Waals surface area contributed by atoms with Gasteiger partial charge in [-0.3, -0.25) is 9.59 Å². The molecule has 0 bridgehead atoms. The van der Waals surface area contributed by atoms with Crippen LogP contribution in [0.5, 0.6) is 5.75 Å². The zero-order chi connectivity index (χ0) is 20.9. The molecule has 0 saturated carbocycles. The average molecular weight is 426 g/mol. The summed E-state index contributed by atoms with van der Waals surface area (Å²) >= 11 is 1.50. The van der Waals surface area contributed by atoms with Crippen LogP contribution in [0.4, 0.5) is 0 Å². The lowest BCUT2D eigenvalue weighted by Gasteiger charge is -2.32. The number of rotatable bonds is 7. The molecule has 7 heteroatoms. The average Bonchev–Trinajstić information content (AvgIpc) is 3.46. The lowest BCUT2D eigenvalue weighted by atomic mass is 9.89. The second kappa shape index (κ2) is 9.34. The molecule has 4 rings (SSSR count). The van der Waals surface area contributed by atoms with Crippen LogP contribution in [-0.2, 0) is 4.79 Å². The first-order valence-electron chi connectivity index (χ1n) is 10.4. The largest absolute Gasteiger partial charge is 0.497 e. The first-order valence-corrected chi connectivity index (χ1v) is 11.3. The van der Waals surface area contributed by atoms with Gasteiger partial charge >= 0.3 is 0 Å². The van der Waals surface area contributed by atoms with Crippen molar-refractivity contribution in [3.8, 4) is 5.75 Å². The van der Waals surface area contributed by atoms with Gasteiger partial charge in [-0.1, -0.05) is 0 Å². The Bertz CT molecular complexity index is 1000. The number of H-pyrrole nitrogens is 1. The van der Waals surface area contributed by atoms with Crippen LogP contribution in [0.25, 0.3) is 10.9 Å². The number of carbonyl (C=O) groups excluding carboxylic acids is 2. The summed E-state index contributed by atoms with van der Waals surface area (Å²) < 4.78 is 5.37. The van der Waals surface area contributed by atoms with Crippen molar-refractivity contribution < 1.29 is 14.3 Å². The fourth-order valence-corrected chi connectivity index (χ4v) is 4.76. The van der Waals surface area contributed by atoms with Crippen LogP contribution in [0.15, 0.2) is 41.2 Å². The van der Waals surface area contributed by atoms with Gasteiger partial charge in [0.05, 0.1) is 7.11 Å². The molecule has 0 spiro atoms. The van der Waals surface area contributed by atoms with Gasteiger partial charge in [-0.15, -0.1) is 0 Å². The summed E-state index contributed by atoms with van der Waals surface area (Å²) in [6, 6.07) is 7.91. The van der Waals surface area contributed by atoms with Gasteiger partial charge < -0.3 is 19.9 Å². The molecule has 158 valence electrons. The molecule has 30 heavy (non-hydrogen) atoms. The maximum absolute atomic E-state index is 12.6. The Morgan fingerprint density at radius 2 is 2.10 bits per heavy atom. The number of fused-ring (bicyclic) bond motifs is 1. The Labute approximate surface area is 180 Å². The van der Waals surface area contributed by atoms with Gasteiger partial charge in [0.1, 0.15) is 5.75 Å². The van der Waals surface area contributed by atoms with Crippen LogP contribution in [0.1, 0.15) is 47.5 Å². The standard InChI is InChI=1S/C23H27N3O3S/c1-29-18-4-5-21-19(13-18)20(14-25-21)16-6-10-26(11-7-16)22(27)3-2-9-24-23(28)17-8-12-30-15-17/h4-5,8,12-16,25H,2-3,6-7,9-11H2,1H3,(H,24,28). The molecule has 0 radical (unpaired) electrons. The fraction of sp³-hybridized carbons (Fsp3) is 0.391. The third-order valence-electron chi connectivity index (χ3n) is 5.84. The number of hydrogen-bond acceptors (Lipinski definition) is 4. The first-order chi connectivity index (χ1) is 14.7. The number of hydrogen-bond donors (Lipinski definition) is 2. The molecule has 2 amide bonds. The van der Waals surface area contributed by atoms with Gasteiger partial charge in [0.25, 0.3) is 5.91 Å². The van der Waals surface area contributed by atoms with E-state index in [1.165, 1.54) is 22.3 Å². The predicted molar refractivity (Wildman–Crippen MR) is 119 cm³/mol. The highest BCUT2D eigenvalue weighted by Crippen LogP contribution is 2.34. The van der Waals surface area contributed by atoms with Gasteiger partial charge in [-0.25, -0.2) is 0 Å². The minimum atomic E-state index is -0.0696.